The molecule has 0 radical (unpaired) electrons. The second kappa shape index (κ2) is 7.13. The number of ketones is 1. The number of urea groups is 1. The Balaban J connectivity index is 1.99. The largest absolute Gasteiger partial charge is 0.453 e. The molecule has 0 spiro atoms. The van der Waals surface area contributed by atoms with Crippen LogP contribution in [0, 0.1) is 0 Å². The lowest BCUT2D eigenvalue weighted by molar-refractivity contribution is -0.149. The molecule has 7 nitrogen and oxygen atoms in total. The van der Waals surface area contributed by atoms with Crippen LogP contribution in [0.15, 0.2) is 24.3 Å². The van der Waals surface area contributed by atoms with Gasteiger partial charge in [0.1, 0.15) is 12.1 Å². The van der Waals surface area contributed by atoms with Gasteiger partial charge in [-0.1, -0.05) is 45.0 Å². The van der Waals surface area contributed by atoms with Crippen molar-refractivity contribution in [2.75, 3.05) is 6.54 Å². The lowest BCUT2D eigenvalue weighted by Crippen LogP contribution is -2.41. The Morgan fingerprint density at radius 2 is 1.70 bits per heavy atom. The van der Waals surface area contributed by atoms with E-state index >= 15 is 0 Å². The summed E-state index contributed by atoms with van der Waals surface area (Å²) in [6, 6.07) is 6.49. The molecule has 1 aliphatic heterocycles. The van der Waals surface area contributed by atoms with Crippen LogP contribution in [-0.2, 0) is 19.7 Å². The molecule has 27 heavy (non-hydrogen) atoms. The third kappa shape index (κ3) is 4.53. The highest BCUT2D eigenvalue weighted by Gasteiger charge is 2.45. The predicted molar refractivity (Wildman–Crippen MR) is 99.4 cm³/mol. The summed E-state index contributed by atoms with van der Waals surface area (Å²) in [5.41, 5.74) is 0.424. The second-order valence-corrected chi connectivity index (χ2v) is 8.27. The molecule has 1 aromatic carbocycles. The van der Waals surface area contributed by atoms with Gasteiger partial charge in [-0.15, -0.1) is 0 Å². The van der Waals surface area contributed by atoms with Gasteiger partial charge in [0.15, 0.2) is 6.10 Å². The fourth-order valence-corrected chi connectivity index (χ4v) is 2.75. The second-order valence-electron chi connectivity index (χ2n) is 8.27. The maximum atomic E-state index is 12.5. The van der Waals surface area contributed by atoms with Gasteiger partial charge >= 0.3 is 12.0 Å². The van der Waals surface area contributed by atoms with Crippen LogP contribution in [0.1, 0.15) is 57.5 Å². The summed E-state index contributed by atoms with van der Waals surface area (Å²) in [6.45, 7) is 10.3. The zero-order chi connectivity index (χ0) is 20.6. The third-order valence-corrected chi connectivity index (χ3v) is 4.44. The summed E-state index contributed by atoms with van der Waals surface area (Å²) in [4.78, 5) is 49.3. The Kier molecular flexibility index (Phi) is 5.45. The van der Waals surface area contributed by atoms with E-state index in [2.05, 4.69) is 26.1 Å². The summed E-state index contributed by atoms with van der Waals surface area (Å²) >= 11 is 0. The summed E-state index contributed by atoms with van der Waals surface area (Å²) in [5.74, 6) is -1.68. The fourth-order valence-electron chi connectivity index (χ4n) is 2.75. The molecule has 1 atom stereocenters. The van der Waals surface area contributed by atoms with Crippen LogP contribution in [-0.4, -0.2) is 46.8 Å². The third-order valence-electron chi connectivity index (χ3n) is 4.44. The first-order valence-electron chi connectivity index (χ1n) is 8.81. The van der Waals surface area contributed by atoms with Crippen LogP contribution >= 0.6 is 0 Å². The minimum atomic E-state index is -1.06. The highest BCUT2D eigenvalue weighted by atomic mass is 16.5. The van der Waals surface area contributed by atoms with Crippen molar-refractivity contribution in [3.8, 4) is 0 Å². The zero-order valence-electron chi connectivity index (χ0n) is 16.6. The quantitative estimate of drug-likeness (QED) is 0.485. The number of hydrogen-bond donors (Lipinski definition) is 1. The lowest BCUT2D eigenvalue weighted by Gasteiger charge is -2.20. The van der Waals surface area contributed by atoms with Crippen LogP contribution < -0.4 is 5.32 Å². The minimum Gasteiger partial charge on any atom is -0.453 e. The monoisotopic (exact) mass is 374 g/mol. The zero-order valence-corrected chi connectivity index (χ0v) is 16.6. The molecule has 2 rings (SSSR count). The van der Waals surface area contributed by atoms with Crippen LogP contribution in [0.25, 0.3) is 0 Å². The number of hydrogen-bond acceptors (Lipinski definition) is 5. The first kappa shape index (κ1) is 20.6. The normalized spacial score (nSPS) is 17.5. The van der Waals surface area contributed by atoms with Gasteiger partial charge in [0, 0.05) is 5.56 Å². The Hall–Kier alpha value is -2.70. The van der Waals surface area contributed by atoms with E-state index in [9.17, 15) is 19.2 Å². The number of Topliss-reactive ketones (excluding diaryl/α,β-unsaturated/α-hetero) is 1. The highest BCUT2D eigenvalue weighted by Crippen LogP contribution is 2.23. The van der Waals surface area contributed by atoms with Gasteiger partial charge in [-0.3, -0.25) is 19.3 Å². The molecule has 0 bridgehead atoms. The first-order chi connectivity index (χ1) is 12.3. The van der Waals surface area contributed by atoms with Crippen molar-refractivity contribution in [1.82, 2.24) is 10.2 Å². The Bertz CT molecular complexity index is 775. The van der Waals surface area contributed by atoms with Crippen LogP contribution in [0.3, 0.4) is 0 Å². The van der Waals surface area contributed by atoms with Crippen molar-refractivity contribution in [2.24, 2.45) is 0 Å². The Labute approximate surface area is 159 Å². The average molecular weight is 374 g/mol. The molecular formula is C20H26N2O5. The topological polar surface area (TPSA) is 92.8 Å². The molecule has 0 aromatic heterocycles. The van der Waals surface area contributed by atoms with Gasteiger partial charge in [-0.25, -0.2) is 4.79 Å². The molecule has 1 heterocycles. The van der Waals surface area contributed by atoms with E-state index in [4.69, 9.17) is 4.74 Å². The molecule has 3 amide bonds. The summed E-state index contributed by atoms with van der Waals surface area (Å²) in [6.07, 6.45) is -1.02. The van der Waals surface area contributed by atoms with Gasteiger partial charge < -0.3 is 10.1 Å². The number of nitrogens with zero attached hydrogens (tertiary/aromatic N) is 1. The summed E-state index contributed by atoms with van der Waals surface area (Å²) in [7, 11) is 0. The maximum Gasteiger partial charge on any atom is 0.326 e. The molecule has 1 N–H and O–H groups in total. The van der Waals surface area contributed by atoms with E-state index in [1.807, 2.05) is 12.1 Å². The number of rotatable bonds is 5. The van der Waals surface area contributed by atoms with E-state index in [-0.39, 0.29) is 11.2 Å². The number of carbonyl (C=O) groups is 4. The number of carbonyl (C=O) groups excluding carboxylic acids is 4. The molecule has 0 unspecified atom stereocenters. The van der Waals surface area contributed by atoms with Crippen molar-refractivity contribution < 1.29 is 23.9 Å². The van der Waals surface area contributed by atoms with Crippen molar-refractivity contribution in [3.05, 3.63) is 35.4 Å². The van der Waals surface area contributed by atoms with Crippen molar-refractivity contribution >= 4 is 23.7 Å². The molecule has 1 fully saturated rings. The number of ether oxygens (including phenoxy) is 1. The SMILES string of the molecule is C[C@H](OC(=O)CN1C(=O)NC(C)(C)C1=O)C(=O)c1ccc(C(C)(C)C)cc1. The standard InChI is InChI=1S/C20H26N2O5/c1-12(16(24)13-7-9-14(10-8-13)19(2,3)4)27-15(23)11-22-17(25)20(5,6)21-18(22)26/h7-10,12H,11H2,1-6H3,(H,21,26)/t12-/m0/s1. The van der Waals surface area contributed by atoms with E-state index in [1.165, 1.54) is 6.92 Å². The molecule has 1 aromatic rings. The van der Waals surface area contributed by atoms with Gasteiger partial charge in [0.2, 0.25) is 5.78 Å². The average Bonchev–Trinajstić information content (AvgIpc) is 2.75. The molecule has 146 valence electrons. The van der Waals surface area contributed by atoms with Crippen LogP contribution in [0.5, 0.6) is 0 Å². The summed E-state index contributed by atoms with van der Waals surface area (Å²) < 4.78 is 5.13. The van der Waals surface area contributed by atoms with Crippen LogP contribution in [0.4, 0.5) is 4.79 Å². The van der Waals surface area contributed by atoms with Crippen molar-refractivity contribution in [2.45, 2.75) is 58.6 Å². The minimum absolute atomic E-state index is 0.0315. The van der Waals surface area contributed by atoms with Gasteiger partial charge in [-0.2, -0.15) is 0 Å². The lowest BCUT2D eigenvalue weighted by atomic mass is 9.86. The number of esters is 1. The number of amides is 3. The molecule has 0 aliphatic carbocycles. The van der Waals surface area contributed by atoms with Gasteiger partial charge in [0.05, 0.1) is 0 Å². The molecule has 7 heteroatoms. The predicted octanol–water partition coefficient (Wildman–Crippen LogP) is 2.43. The molecule has 1 aliphatic rings. The smallest absolute Gasteiger partial charge is 0.326 e. The molecule has 0 saturated carbocycles. The van der Waals surface area contributed by atoms with Crippen molar-refractivity contribution in [3.63, 3.8) is 0 Å². The van der Waals surface area contributed by atoms with E-state index in [0.717, 1.165) is 10.5 Å². The number of imide groups is 1. The van der Waals surface area contributed by atoms with Gasteiger partial charge in [-0.05, 0) is 31.7 Å². The number of benzene rings is 1. The fraction of sp³-hybridized carbons (Fsp3) is 0.500. The highest BCUT2D eigenvalue weighted by molar-refractivity contribution is 6.08. The molecule has 1 saturated heterocycles. The van der Waals surface area contributed by atoms with Crippen LogP contribution in [0.2, 0.25) is 0 Å². The van der Waals surface area contributed by atoms with Crippen molar-refractivity contribution in [1.29, 1.82) is 0 Å². The Morgan fingerprint density at radius 1 is 1.15 bits per heavy atom. The van der Waals surface area contributed by atoms with Gasteiger partial charge in [0.25, 0.3) is 5.91 Å². The van der Waals surface area contributed by atoms with E-state index < -0.39 is 36.1 Å². The summed E-state index contributed by atoms with van der Waals surface area (Å²) in [5, 5.41) is 2.48. The van der Waals surface area contributed by atoms with E-state index in [1.54, 1.807) is 26.0 Å². The molecular weight excluding hydrogens is 348 g/mol. The van der Waals surface area contributed by atoms with E-state index in [0.29, 0.717) is 5.56 Å². The Morgan fingerprint density at radius 3 is 2.15 bits per heavy atom. The first-order valence-corrected chi connectivity index (χ1v) is 8.81. The number of nitrogens with one attached hydrogen (secondary N) is 1. The maximum absolute atomic E-state index is 12.5.